The average Bonchev–Trinajstić information content (AvgIpc) is 3.23. The molecule has 0 aliphatic heterocycles. The number of benzene rings is 3. The molecule has 0 unspecified atom stereocenters. The fraction of sp³-hybridized carbons (Fsp3) is 0.115. The third-order valence-electron chi connectivity index (χ3n) is 5.77. The molecule has 0 saturated carbocycles. The van der Waals surface area contributed by atoms with Crippen molar-refractivity contribution in [1.29, 1.82) is 5.26 Å². The molecule has 5 nitrogen and oxygen atoms in total. The van der Waals surface area contributed by atoms with Crippen LogP contribution in [0.4, 0.5) is 5.69 Å². The molecule has 0 radical (unpaired) electrons. The van der Waals surface area contributed by atoms with Crippen molar-refractivity contribution in [2.75, 3.05) is 5.73 Å². The molecule has 0 aliphatic carbocycles. The van der Waals surface area contributed by atoms with Crippen molar-refractivity contribution in [2.45, 2.75) is 19.3 Å². The molecule has 0 bridgehead atoms. The molecule has 0 spiro atoms. The number of nitrogens with zero attached hydrogens (tertiary/aromatic N) is 3. The number of rotatable bonds is 3. The minimum absolute atomic E-state index is 0.533. The molecule has 150 valence electrons. The first-order valence-electron chi connectivity index (χ1n) is 10.1. The predicted octanol–water partition coefficient (Wildman–Crippen LogP) is 5.83. The topological polar surface area (TPSA) is 91.4 Å². The Morgan fingerprint density at radius 1 is 0.935 bits per heavy atom. The normalized spacial score (nSPS) is 11.6. The molecule has 0 aliphatic rings. The molecule has 2 heterocycles. The van der Waals surface area contributed by atoms with E-state index < -0.39 is 5.41 Å². The number of aromatic amines is 1. The van der Waals surface area contributed by atoms with E-state index in [4.69, 9.17) is 5.73 Å². The molecule has 0 atom stereocenters. The third-order valence-corrected chi connectivity index (χ3v) is 5.77. The van der Waals surface area contributed by atoms with Crippen LogP contribution in [0.5, 0.6) is 0 Å². The van der Waals surface area contributed by atoms with Crippen LogP contribution < -0.4 is 5.73 Å². The van der Waals surface area contributed by atoms with Crippen LogP contribution in [0.1, 0.15) is 19.4 Å². The first-order chi connectivity index (χ1) is 15.0. The largest absolute Gasteiger partial charge is 0.399 e. The summed E-state index contributed by atoms with van der Waals surface area (Å²) in [6, 6.07) is 24.5. The van der Waals surface area contributed by atoms with Gasteiger partial charge in [-0.05, 0) is 54.8 Å². The van der Waals surface area contributed by atoms with E-state index in [-0.39, 0.29) is 0 Å². The van der Waals surface area contributed by atoms with Gasteiger partial charge in [-0.15, -0.1) is 0 Å². The predicted molar refractivity (Wildman–Crippen MR) is 125 cm³/mol. The lowest BCUT2D eigenvalue weighted by Gasteiger charge is -2.15. The van der Waals surface area contributed by atoms with Gasteiger partial charge in [-0.2, -0.15) is 10.4 Å². The highest BCUT2D eigenvalue weighted by Crippen LogP contribution is 2.35. The van der Waals surface area contributed by atoms with Gasteiger partial charge in [0.2, 0.25) is 0 Å². The van der Waals surface area contributed by atoms with E-state index in [0.29, 0.717) is 0 Å². The smallest absolute Gasteiger partial charge is 0.101 e. The number of fused-ring (bicyclic) bond motifs is 3. The second-order valence-electron chi connectivity index (χ2n) is 8.29. The van der Waals surface area contributed by atoms with Crippen molar-refractivity contribution in [3.63, 3.8) is 0 Å². The highest BCUT2D eigenvalue weighted by atomic mass is 15.1. The zero-order valence-electron chi connectivity index (χ0n) is 17.3. The van der Waals surface area contributed by atoms with Gasteiger partial charge in [0.05, 0.1) is 28.7 Å². The van der Waals surface area contributed by atoms with Crippen LogP contribution in [0.15, 0.2) is 72.9 Å². The highest BCUT2D eigenvalue weighted by Gasteiger charge is 2.20. The maximum atomic E-state index is 9.42. The number of H-pyrrole nitrogens is 1. The van der Waals surface area contributed by atoms with Crippen LogP contribution in [0.3, 0.4) is 0 Å². The molecule has 5 heteroatoms. The molecule has 0 fully saturated rings. The maximum absolute atomic E-state index is 9.42. The Labute approximate surface area is 180 Å². The van der Waals surface area contributed by atoms with E-state index in [9.17, 15) is 5.26 Å². The van der Waals surface area contributed by atoms with E-state index in [1.54, 1.807) is 0 Å². The van der Waals surface area contributed by atoms with Gasteiger partial charge in [0, 0.05) is 22.0 Å². The summed E-state index contributed by atoms with van der Waals surface area (Å²) in [6.07, 6.45) is 1.82. The van der Waals surface area contributed by atoms with E-state index in [2.05, 4.69) is 39.4 Å². The molecule has 2 aromatic heterocycles. The lowest BCUT2D eigenvalue weighted by Crippen LogP contribution is -2.13. The molecular formula is C26H21N5. The molecule has 3 aromatic carbocycles. The van der Waals surface area contributed by atoms with Crippen LogP contribution >= 0.6 is 0 Å². The number of pyridine rings is 1. The van der Waals surface area contributed by atoms with Gasteiger partial charge in [0.15, 0.2) is 0 Å². The fourth-order valence-corrected chi connectivity index (χ4v) is 3.92. The number of anilines is 1. The Morgan fingerprint density at radius 2 is 1.68 bits per heavy atom. The first-order valence-corrected chi connectivity index (χ1v) is 10.1. The van der Waals surface area contributed by atoms with Crippen LogP contribution in [-0.4, -0.2) is 15.2 Å². The summed E-state index contributed by atoms with van der Waals surface area (Å²) >= 11 is 0. The van der Waals surface area contributed by atoms with Gasteiger partial charge in [-0.1, -0.05) is 42.5 Å². The van der Waals surface area contributed by atoms with Crippen molar-refractivity contribution in [3.8, 4) is 28.5 Å². The zero-order valence-corrected chi connectivity index (χ0v) is 17.3. The molecule has 5 aromatic rings. The molecule has 3 N–H and O–H groups in total. The number of nitrogen functional groups attached to an aromatic ring is 1. The second kappa shape index (κ2) is 6.96. The Morgan fingerprint density at radius 3 is 2.42 bits per heavy atom. The van der Waals surface area contributed by atoms with Gasteiger partial charge in [0.25, 0.3) is 0 Å². The Kier molecular flexibility index (Phi) is 4.23. The number of nitrogens with one attached hydrogen (secondary N) is 1. The van der Waals surface area contributed by atoms with Crippen molar-refractivity contribution in [2.24, 2.45) is 0 Å². The molecular weight excluding hydrogens is 382 g/mol. The van der Waals surface area contributed by atoms with Crippen molar-refractivity contribution in [1.82, 2.24) is 15.2 Å². The summed E-state index contributed by atoms with van der Waals surface area (Å²) < 4.78 is 0. The van der Waals surface area contributed by atoms with E-state index >= 15 is 0 Å². The van der Waals surface area contributed by atoms with Crippen LogP contribution in [0, 0.1) is 11.3 Å². The summed E-state index contributed by atoms with van der Waals surface area (Å²) in [7, 11) is 0. The lowest BCUT2D eigenvalue weighted by molar-refractivity contribution is 0.687. The van der Waals surface area contributed by atoms with Crippen molar-refractivity contribution >= 4 is 27.5 Å². The standard InChI is InChI=1S/C26H21N5/c1-26(2,15-27)19-9-6-16(7-10-19)25-24-21-13-18(17-4-3-5-20(28)12-17)8-11-22(21)29-14-23(24)30-31-25/h3-14H,28H2,1-2H3,(H,30,31). The summed E-state index contributed by atoms with van der Waals surface area (Å²) in [5.41, 5.74) is 13.0. The van der Waals surface area contributed by atoms with Gasteiger partial charge < -0.3 is 5.73 Å². The number of hydrogen-bond donors (Lipinski definition) is 2. The lowest BCUT2D eigenvalue weighted by atomic mass is 9.86. The minimum Gasteiger partial charge on any atom is -0.399 e. The Balaban J connectivity index is 1.70. The number of aromatic nitrogens is 3. The van der Waals surface area contributed by atoms with Gasteiger partial charge in [0.1, 0.15) is 5.69 Å². The van der Waals surface area contributed by atoms with Crippen molar-refractivity contribution in [3.05, 3.63) is 78.5 Å². The van der Waals surface area contributed by atoms with Gasteiger partial charge >= 0.3 is 0 Å². The minimum atomic E-state index is -0.533. The maximum Gasteiger partial charge on any atom is 0.101 e. The molecule has 0 saturated heterocycles. The fourth-order valence-electron chi connectivity index (χ4n) is 3.92. The SMILES string of the molecule is CC(C)(C#N)c1ccc(-c2n[nH]c3cnc4ccc(-c5cccc(N)c5)cc4c23)cc1. The van der Waals surface area contributed by atoms with Crippen LogP contribution in [0.2, 0.25) is 0 Å². The number of nitriles is 1. The van der Waals surface area contributed by atoms with Gasteiger partial charge in [-0.25, -0.2) is 0 Å². The second-order valence-corrected chi connectivity index (χ2v) is 8.29. The Bertz CT molecular complexity index is 1470. The van der Waals surface area contributed by atoms with E-state index in [1.165, 1.54) is 0 Å². The van der Waals surface area contributed by atoms with Crippen LogP contribution in [0.25, 0.3) is 44.2 Å². The zero-order chi connectivity index (χ0) is 21.6. The first kappa shape index (κ1) is 18.8. The Hall–Kier alpha value is -4.17. The van der Waals surface area contributed by atoms with E-state index in [1.807, 2.05) is 68.6 Å². The summed E-state index contributed by atoms with van der Waals surface area (Å²) in [5, 5.41) is 19.2. The molecule has 5 rings (SSSR count). The van der Waals surface area contributed by atoms with E-state index in [0.717, 1.165) is 55.4 Å². The molecule has 31 heavy (non-hydrogen) atoms. The quantitative estimate of drug-likeness (QED) is 0.371. The van der Waals surface area contributed by atoms with Crippen LogP contribution in [-0.2, 0) is 5.41 Å². The summed E-state index contributed by atoms with van der Waals surface area (Å²) in [4.78, 5) is 4.59. The average molecular weight is 403 g/mol. The summed E-state index contributed by atoms with van der Waals surface area (Å²) in [6.45, 7) is 3.84. The molecule has 0 amide bonds. The number of hydrogen-bond acceptors (Lipinski definition) is 4. The highest BCUT2D eigenvalue weighted by molar-refractivity contribution is 6.11. The van der Waals surface area contributed by atoms with Crippen molar-refractivity contribution < 1.29 is 0 Å². The summed E-state index contributed by atoms with van der Waals surface area (Å²) in [5.74, 6) is 0. The monoisotopic (exact) mass is 403 g/mol. The van der Waals surface area contributed by atoms with Gasteiger partial charge in [-0.3, -0.25) is 10.1 Å². The third kappa shape index (κ3) is 3.19. The number of nitrogens with two attached hydrogens (primary N) is 1.